The molecule has 0 saturated heterocycles. The van der Waals surface area contributed by atoms with E-state index >= 15 is 0 Å². The minimum Gasteiger partial charge on any atom is -0.464 e. The molecule has 2 heteroatoms. The van der Waals surface area contributed by atoms with Gasteiger partial charge in [0.1, 0.15) is 5.58 Å². The molecule has 0 radical (unpaired) electrons. The van der Waals surface area contributed by atoms with Gasteiger partial charge in [-0.25, -0.2) is 0 Å². The van der Waals surface area contributed by atoms with Gasteiger partial charge in [-0.15, -0.1) is 0 Å². The molecule has 0 aliphatic heterocycles. The lowest BCUT2D eigenvalue weighted by atomic mass is 10.1. The molecule has 0 saturated carbocycles. The molecule has 1 aromatic heterocycles. The zero-order valence-corrected chi connectivity index (χ0v) is 7.16. The summed E-state index contributed by atoms with van der Waals surface area (Å²) in [7, 11) is 0. The number of benzene rings is 1. The maximum atomic E-state index is 9.46. The first-order chi connectivity index (χ1) is 6.33. The summed E-state index contributed by atoms with van der Waals surface area (Å²) in [5.41, 5.74) is 3.42. The standard InChI is InChI=1S/C11H10O2/c12-10-4-8-3-7-1-2-13-11(7)6-9(8)5-10/h1-3,6,10,12H,4-5H2. The number of rotatable bonds is 0. The second-order valence-corrected chi connectivity index (χ2v) is 3.64. The molecule has 13 heavy (non-hydrogen) atoms. The van der Waals surface area contributed by atoms with Crippen molar-refractivity contribution in [2.75, 3.05) is 0 Å². The van der Waals surface area contributed by atoms with Crippen molar-refractivity contribution in [3.05, 3.63) is 35.6 Å². The highest BCUT2D eigenvalue weighted by atomic mass is 16.3. The largest absolute Gasteiger partial charge is 0.464 e. The molecule has 1 heterocycles. The summed E-state index contributed by atoms with van der Waals surface area (Å²) in [6.07, 6.45) is 3.07. The van der Waals surface area contributed by atoms with Gasteiger partial charge in [-0.05, 0) is 42.2 Å². The number of aliphatic hydroxyl groups excluding tert-OH is 1. The van der Waals surface area contributed by atoms with Crippen LogP contribution in [0.2, 0.25) is 0 Å². The van der Waals surface area contributed by atoms with E-state index < -0.39 is 0 Å². The molecule has 1 aliphatic carbocycles. The third-order valence-electron chi connectivity index (χ3n) is 2.69. The Hall–Kier alpha value is -1.28. The van der Waals surface area contributed by atoms with Crippen LogP contribution < -0.4 is 0 Å². The summed E-state index contributed by atoms with van der Waals surface area (Å²) in [6.45, 7) is 0. The first-order valence-corrected chi connectivity index (χ1v) is 4.50. The van der Waals surface area contributed by atoms with Gasteiger partial charge in [-0.3, -0.25) is 0 Å². The molecule has 0 amide bonds. The highest BCUT2D eigenvalue weighted by molar-refractivity contribution is 5.79. The number of aliphatic hydroxyl groups is 1. The molecule has 1 aromatic carbocycles. The van der Waals surface area contributed by atoms with Gasteiger partial charge in [-0.1, -0.05) is 0 Å². The maximum absolute atomic E-state index is 9.46. The van der Waals surface area contributed by atoms with Gasteiger partial charge in [-0.2, -0.15) is 0 Å². The smallest absolute Gasteiger partial charge is 0.134 e. The molecular formula is C11H10O2. The maximum Gasteiger partial charge on any atom is 0.134 e. The fraction of sp³-hybridized carbons (Fsp3) is 0.273. The van der Waals surface area contributed by atoms with Gasteiger partial charge in [0, 0.05) is 5.39 Å². The Morgan fingerprint density at radius 2 is 2.00 bits per heavy atom. The minimum atomic E-state index is -0.193. The van der Waals surface area contributed by atoms with E-state index in [1.807, 2.05) is 12.1 Å². The van der Waals surface area contributed by atoms with Gasteiger partial charge in [0.15, 0.2) is 0 Å². The van der Waals surface area contributed by atoms with Crippen molar-refractivity contribution in [1.29, 1.82) is 0 Å². The quantitative estimate of drug-likeness (QED) is 0.661. The highest BCUT2D eigenvalue weighted by Gasteiger charge is 2.19. The Bertz CT molecular complexity index is 416. The van der Waals surface area contributed by atoms with Crippen LogP contribution in [0.3, 0.4) is 0 Å². The third-order valence-corrected chi connectivity index (χ3v) is 2.69. The van der Waals surface area contributed by atoms with Gasteiger partial charge in [0.05, 0.1) is 12.4 Å². The minimum absolute atomic E-state index is 0.193. The van der Waals surface area contributed by atoms with Crippen LogP contribution in [-0.2, 0) is 12.8 Å². The second kappa shape index (κ2) is 2.36. The number of hydrogen-bond donors (Lipinski definition) is 1. The summed E-state index contributed by atoms with van der Waals surface area (Å²) >= 11 is 0. The van der Waals surface area contributed by atoms with Gasteiger partial charge in [0.25, 0.3) is 0 Å². The molecule has 2 aromatic rings. The lowest BCUT2D eigenvalue weighted by molar-refractivity contribution is 0.187. The average Bonchev–Trinajstić information content (AvgIpc) is 2.63. The number of hydrogen-bond acceptors (Lipinski definition) is 2. The highest BCUT2D eigenvalue weighted by Crippen LogP contribution is 2.27. The van der Waals surface area contributed by atoms with E-state index in [4.69, 9.17) is 4.42 Å². The topological polar surface area (TPSA) is 33.4 Å². The Kier molecular flexibility index (Phi) is 1.30. The number of furan rings is 1. The zero-order chi connectivity index (χ0) is 8.84. The first-order valence-electron chi connectivity index (χ1n) is 4.50. The lowest BCUT2D eigenvalue weighted by Crippen LogP contribution is -2.03. The van der Waals surface area contributed by atoms with Crippen molar-refractivity contribution >= 4 is 11.0 Å². The van der Waals surface area contributed by atoms with Crippen LogP contribution in [0.4, 0.5) is 0 Å². The van der Waals surface area contributed by atoms with Crippen LogP contribution in [0.15, 0.2) is 28.9 Å². The van der Waals surface area contributed by atoms with E-state index in [0.29, 0.717) is 0 Å². The predicted molar refractivity (Wildman–Crippen MR) is 49.6 cm³/mol. The van der Waals surface area contributed by atoms with Gasteiger partial charge >= 0.3 is 0 Å². The lowest BCUT2D eigenvalue weighted by Gasteiger charge is -1.96. The summed E-state index contributed by atoms with van der Waals surface area (Å²) in [5, 5.41) is 10.6. The molecule has 2 nitrogen and oxygen atoms in total. The molecule has 1 N–H and O–H groups in total. The number of fused-ring (bicyclic) bond motifs is 2. The Morgan fingerprint density at radius 3 is 2.85 bits per heavy atom. The van der Waals surface area contributed by atoms with E-state index in [9.17, 15) is 5.11 Å². The molecule has 0 bridgehead atoms. The normalized spacial score (nSPS) is 20.8. The summed E-state index contributed by atoms with van der Waals surface area (Å²) in [4.78, 5) is 0. The molecule has 66 valence electrons. The second-order valence-electron chi connectivity index (χ2n) is 3.64. The van der Waals surface area contributed by atoms with Crippen LogP contribution in [0, 0.1) is 0 Å². The monoisotopic (exact) mass is 174 g/mol. The molecule has 1 aliphatic rings. The van der Waals surface area contributed by atoms with E-state index in [0.717, 1.165) is 23.8 Å². The van der Waals surface area contributed by atoms with E-state index in [1.165, 1.54) is 11.1 Å². The van der Waals surface area contributed by atoms with Gasteiger partial charge < -0.3 is 9.52 Å². The van der Waals surface area contributed by atoms with Crippen LogP contribution in [0.25, 0.3) is 11.0 Å². The fourth-order valence-corrected chi connectivity index (χ4v) is 2.06. The SMILES string of the molecule is OC1Cc2cc3ccoc3cc2C1. The average molecular weight is 174 g/mol. The van der Waals surface area contributed by atoms with Crippen LogP contribution in [-0.4, -0.2) is 11.2 Å². The summed E-state index contributed by atoms with van der Waals surface area (Å²) < 4.78 is 5.30. The Balaban J connectivity index is 2.27. The van der Waals surface area contributed by atoms with Gasteiger partial charge in [0.2, 0.25) is 0 Å². The molecule has 1 atom stereocenters. The predicted octanol–water partition coefficient (Wildman–Crippen LogP) is 1.89. The summed E-state index contributed by atoms with van der Waals surface area (Å²) in [6, 6.07) is 6.12. The van der Waals surface area contributed by atoms with Crippen molar-refractivity contribution in [1.82, 2.24) is 0 Å². The van der Waals surface area contributed by atoms with Crippen molar-refractivity contribution in [3.63, 3.8) is 0 Å². The van der Waals surface area contributed by atoms with E-state index in [-0.39, 0.29) is 6.10 Å². The van der Waals surface area contributed by atoms with Crippen LogP contribution in [0.5, 0.6) is 0 Å². The Labute approximate surface area is 75.8 Å². The van der Waals surface area contributed by atoms with Crippen molar-refractivity contribution < 1.29 is 9.52 Å². The molecular weight excluding hydrogens is 164 g/mol. The first kappa shape index (κ1) is 7.15. The van der Waals surface area contributed by atoms with Crippen molar-refractivity contribution in [3.8, 4) is 0 Å². The zero-order valence-electron chi connectivity index (χ0n) is 7.16. The van der Waals surface area contributed by atoms with Crippen LogP contribution >= 0.6 is 0 Å². The van der Waals surface area contributed by atoms with Crippen molar-refractivity contribution in [2.24, 2.45) is 0 Å². The summed E-state index contributed by atoms with van der Waals surface area (Å²) in [5.74, 6) is 0. The molecule has 3 rings (SSSR count). The van der Waals surface area contributed by atoms with E-state index in [1.54, 1.807) is 6.26 Å². The fourth-order valence-electron chi connectivity index (χ4n) is 2.06. The van der Waals surface area contributed by atoms with E-state index in [2.05, 4.69) is 6.07 Å². The van der Waals surface area contributed by atoms with Crippen LogP contribution in [0.1, 0.15) is 11.1 Å². The molecule has 0 spiro atoms. The Morgan fingerprint density at radius 1 is 1.23 bits per heavy atom. The molecule has 1 unspecified atom stereocenters. The molecule has 0 fully saturated rings. The third kappa shape index (κ3) is 0.988. The van der Waals surface area contributed by atoms with Crippen molar-refractivity contribution in [2.45, 2.75) is 18.9 Å².